The number of hydrogen-bond acceptors (Lipinski definition) is 2. The highest BCUT2D eigenvalue weighted by Crippen LogP contribution is 2.45. The first-order valence-corrected chi connectivity index (χ1v) is 9.39. The predicted molar refractivity (Wildman–Crippen MR) is 95.2 cm³/mol. The Morgan fingerprint density at radius 1 is 1.10 bits per heavy atom. The Bertz CT molecular complexity index is 434. The number of rotatable bonds is 3. The highest BCUT2D eigenvalue weighted by atomic mass is 79.9. The van der Waals surface area contributed by atoms with Crippen molar-refractivity contribution >= 4 is 31.9 Å². The average Bonchev–Trinajstić information content (AvgIpc) is 2.37. The minimum Gasteiger partial charge on any atom is -0.313 e. The van der Waals surface area contributed by atoms with Gasteiger partial charge in [-0.2, -0.15) is 5.06 Å². The summed E-state index contributed by atoms with van der Waals surface area (Å²) >= 11 is 7.71. The Balaban J connectivity index is 2.00. The van der Waals surface area contributed by atoms with Gasteiger partial charge in [-0.1, -0.05) is 83.0 Å². The number of halogens is 2. The Morgan fingerprint density at radius 2 is 1.62 bits per heavy atom. The second-order valence-corrected chi connectivity index (χ2v) is 9.48. The molecule has 1 N–H and O–H groups in total. The molecular weight excluding hydrogens is 394 g/mol. The fourth-order valence-corrected chi connectivity index (χ4v) is 6.96. The van der Waals surface area contributed by atoms with E-state index in [1.54, 1.807) is 0 Å². The van der Waals surface area contributed by atoms with E-state index in [2.05, 4.69) is 64.8 Å². The maximum Gasteiger partial charge on any atom is 0.0491 e. The second-order valence-electron chi connectivity index (χ2n) is 7.13. The van der Waals surface area contributed by atoms with Crippen molar-refractivity contribution in [3.63, 3.8) is 0 Å². The van der Waals surface area contributed by atoms with Gasteiger partial charge in [0.15, 0.2) is 0 Å². The van der Waals surface area contributed by atoms with Crippen LogP contribution in [0.4, 0.5) is 0 Å². The predicted octanol–water partition coefficient (Wildman–Crippen LogP) is 5.23. The molecule has 1 fully saturated rings. The normalized spacial score (nSPS) is 30.6. The van der Waals surface area contributed by atoms with E-state index in [0.29, 0.717) is 22.1 Å². The van der Waals surface area contributed by atoms with Crippen molar-refractivity contribution < 1.29 is 5.21 Å². The average molecular weight is 419 g/mol. The molecule has 0 amide bonds. The van der Waals surface area contributed by atoms with Gasteiger partial charge in [0.25, 0.3) is 0 Å². The highest BCUT2D eigenvalue weighted by molar-refractivity contribution is 9.10. The van der Waals surface area contributed by atoms with Crippen LogP contribution in [0.25, 0.3) is 0 Å². The standard InChI is InChI=1S/C17H25Br2NO/c1-17(2,3)16-14(18)9-13(10-15(16)19)20(21)11-12-7-5-4-6-8-12/h4-8,13-16,21H,9-11H2,1-3H3. The van der Waals surface area contributed by atoms with E-state index in [4.69, 9.17) is 0 Å². The molecule has 2 rings (SSSR count). The van der Waals surface area contributed by atoms with Gasteiger partial charge in [-0.3, -0.25) is 0 Å². The second kappa shape index (κ2) is 7.12. The van der Waals surface area contributed by atoms with Gasteiger partial charge < -0.3 is 5.21 Å². The molecule has 2 unspecified atom stereocenters. The Labute approximate surface area is 145 Å². The molecule has 0 heterocycles. The Morgan fingerprint density at radius 3 is 2.10 bits per heavy atom. The van der Waals surface area contributed by atoms with E-state index < -0.39 is 0 Å². The van der Waals surface area contributed by atoms with E-state index in [1.165, 1.54) is 5.06 Å². The molecule has 0 aliphatic heterocycles. The minimum atomic E-state index is 0.192. The molecule has 0 saturated heterocycles. The zero-order chi connectivity index (χ0) is 15.6. The van der Waals surface area contributed by atoms with E-state index >= 15 is 0 Å². The maximum atomic E-state index is 10.4. The lowest BCUT2D eigenvalue weighted by atomic mass is 9.71. The number of hydroxylamine groups is 2. The summed E-state index contributed by atoms with van der Waals surface area (Å²) in [5, 5.41) is 12.0. The number of benzene rings is 1. The third-order valence-corrected chi connectivity index (χ3v) is 6.27. The van der Waals surface area contributed by atoms with Crippen LogP contribution in [-0.4, -0.2) is 26.0 Å². The first-order chi connectivity index (χ1) is 9.79. The lowest BCUT2D eigenvalue weighted by Crippen LogP contribution is -2.48. The van der Waals surface area contributed by atoms with Crippen molar-refractivity contribution in [2.24, 2.45) is 11.3 Å². The van der Waals surface area contributed by atoms with Crippen molar-refractivity contribution in [2.75, 3.05) is 0 Å². The minimum absolute atomic E-state index is 0.192. The van der Waals surface area contributed by atoms with Gasteiger partial charge in [0.1, 0.15) is 0 Å². The first-order valence-electron chi connectivity index (χ1n) is 7.56. The topological polar surface area (TPSA) is 23.5 Å². The van der Waals surface area contributed by atoms with Crippen LogP contribution in [0.15, 0.2) is 30.3 Å². The van der Waals surface area contributed by atoms with Crippen LogP contribution >= 0.6 is 31.9 Å². The number of nitrogens with zero attached hydrogens (tertiary/aromatic N) is 1. The molecule has 2 atom stereocenters. The van der Waals surface area contributed by atoms with Crippen LogP contribution in [0.1, 0.15) is 39.2 Å². The number of alkyl halides is 2. The molecule has 0 bridgehead atoms. The van der Waals surface area contributed by atoms with Gasteiger partial charge in [-0.15, -0.1) is 0 Å². The van der Waals surface area contributed by atoms with Crippen LogP contribution in [0.2, 0.25) is 0 Å². The third kappa shape index (κ3) is 4.54. The zero-order valence-electron chi connectivity index (χ0n) is 13.0. The van der Waals surface area contributed by atoms with Crippen molar-refractivity contribution in [2.45, 2.75) is 55.9 Å². The Hall–Kier alpha value is 0.100. The van der Waals surface area contributed by atoms with E-state index in [1.807, 2.05) is 18.2 Å². The van der Waals surface area contributed by atoms with Crippen LogP contribution in [0, 0.1) is 11.3 Å². The monoisotopic (exact) mass is 417 g/mol. The molecule has 0 radical (unpaired) electrons. The van der Waals surface area contributed by atoms with Crippen LogP contribution in [0.3, 0.4) is 0 Å². The highest BCUT2D eigenvalue weighted by Gasteiger charge is 2.43. The van der Waals surface area contributed by atoms with E-state index in [-0.39, 0.29) is 11.5 Å². The van der Waals surface area contributed by atoms with Gasteiger partial charge in [-0.25, -0.2) is 0 Å². The van der Waals surface area contributed by atoms with Crippen molar-refractivity contribution in [1.29, 1.82) is 0 Å². The summed E-state index contributed by atoms with van der Waals surface area (Å²) in [5.41, 5.74) is 1.41. The van der Waals surface area contributed by atoms with Gasteiger partial charge in [0, 0.05) is 22.2 Å². The van der Waals surface area contributed by atoms with Crippen molar-refractivity contribution in [3.05, 3.63) is 35.9 Å². The summed E-state index contributed by atoms with van der Waals surface area (Å²) in [6.45, 7) is 7.47. The molecule has 0 spiro atoms. The largest absolute Gasteiger partial charge is 0.313 e. The van der Waals surface area contributed by atoms with Crippen LogP contribution in [0.5, 0.6) is 0 Å². The SMILES string of the molecule is CC(C)(C)C1C(Br)CC(N(O)Cc2ccccc2)CC1Br. The lowest BCUT2D eigenvalue weighted by molar-refractivity contribution is -0.145. The molecule has 1 aliphatic rings. The van der Waals surface area contributed by atoms with Gasteiger partial charge >= 0.3 is 0 Å². The molecule has 21 heavy (non-hydrogen) atoms. The lowest BCUT2D eigenvalue weighted by Gasteiger charge is -2.45. The van der Waals surface area contributed by atoms with Crippen molar-refractivity contribution in [3.8, 4) is 0 Å². The maximum absolute atomic E-state index is 10.4. The molecule has 1 saturated carbocycles. The van der Waals surface area contributed by atoms with Gasteiger partial charge in [-0.05, 0) is 29.7 Å². The third-order valence-electron chi connectivity index (χ3n) is 4.38. The molecule has 4 heteroatoms. The first kappa shape index (κ1) is 17.5. The van der Waals surface area contributed by atoms with Crippen molar-refractivity contribution in [1.82, 2.24) is 5.06 Å². The fraction of sp³-hybridized carbons (Fsp3) is 0.647. The quantitative estimate of drug-likeness (QED) is 0.536. The fourth-order valence-electron chi connectivity index (χ4n) is 3.36. The summed E-state index contributed by atoms with van der Waals surface area (Å²) < 4.78 is 0. The molecule has 0 aromatic heterocycles. The number of hydrogen-bond donors (Lipinski definition) is 1. The molecule has 1 aromatic rings. The molecule has 118 valence electrons. The summed E-state index contributed by atoms with van der Waals surface area (Å²) in [7, 11) is 0. The molecule has 1 aromatic carbocycles. The van der Waals surface area contributed by atoms with E-state index in [9.17, 15) is 5.21 Å². The molecule has 2 nitrogen and oxygen atoms in total. The van der Waals surface area contributed by atoms with Crippen LogP contribution < -0.4 is 0 Å². The Kier molecular flexibility index (Phi) is 5.91. The summed E-state index contributed by atoms with van der Waals surface area (Å²) in [6, 6.07) is 10.3. The van der Waals surface area contributed by atoms with Gasteiger partial charge in [0.05, 0.1) is 0 Å². The molecular formula is C17H25Br2NO. The summed E-state index contributed by atoms with van der Waals surface area (Å²) in [4.78, 5) is 0.845. The smallest absolute Gasteiger partial charge is 0.0491 e. The van der Waals surface area contributed by atoms with E-state index in [0.717, 1.165) is 18.4 Å². The van der Waals surface area contributed by atoms with Gasteiger partial charge in [0.2, 0.25) is 0 Å². The summed E-state index contributed by atoms with van der Waals surface area (Å²) in [6.07, 6.45) is 1.96. The zero-order valence-corrected chi connectivity index (χ0v) is 16.1. The molecule has 1 aliphatic carbocycles. The van der Waals surface area contributed by atoms with Crippen LogP contribution in [-0.2, 0) is 6.54 Å². The summed E-state index contributed by atoms with van der Waals surface area (Å²) in [5.74, 6) is 0.568.